The van der Waals surface area contributed by atoms with E-state index < -0.39 is 29.6 Å². The second-order valence-corrected chi connectivity index (χ2v) is 10.3. The van der Waals surface area contributed by atoms with Crippen LogP contribution in [0.25, 0.3) is 0 Å². The molecule has 1 atom stereocenters. The third kappa shape index (κ3) is 9.08. The number of amides is 3. The number of carbonyl (C=O) groups is 4. The number of nitrogens with one attached hydrogen (secondary N) is 2. The lowest BCUT2D eigenvalue weighted by Crippen LogP contribution is -2.51. The number of hydrogen-bond donors (Lipinski definition) is 3. The van der Waals surface area contributed by atoms with E-state index in [2.05, 4.69) is 15.5 Å². The molecule has 11 nitrogen and oxygen atoms in total. The molecule has 0 bridgehead atoms. The molecule has 210 valence electrons. The van der Waals surface area contributed by atoms with Crippen molar-refractivity contribution in [2.75, 3.05) is 50.1 Å². The fourth-order valence-electron chi connectivity index (χ4n) is 4.04. The number of aromatic carboxylic acids is 1. The summed E-state index contributed by atoms with van der Waals surface area (Å²) in [7, 11) is 1.63. The van der Waals surface area contributed by atoms with Gasteiger partial charge in [0, 0.05) is 44.5 Å². The summed E-state index contributed by atoms with van der Waals surface area (Å²) in [5.74, 6) is -1.56. The van der Waals surface area contributed by atoms with Crippen molar-refractivity contribution >= 4 is 35.3 Å². The van der Waals surface area contributed by atoms with Crippen LogP contribution in [0, 0.1) is 0 Å². The molecular formula is C28H36N4O7. The van der Waals surface area contributed by atoms with E-state index in [1.807, 2.05) is 24.3 Å². The molecule has 3 amide bonds. The van der Waals surface area contributed by atoms with Gasteiger partial charge in [-0.2, -0.15) is 0 Å². The second kappa shape index (κ2) is 13.2. The van der Waals surface area contributed by atoms with Crippen LogP contribution >= 0.6 is 0 Å². The van der Waals surface area contributed by atoms with Gasteiger partial charge in [0.25, 0.3) is 0 Å². The van der Waals surface area contributed by atoms with Gasteiger partial charge in [-0.25, -0.2) is 9.59 Å². The maximum absolute atomic E-state index is 13.1. The quantitative estimate of drug-likeness (QED) is 0.418. The van der Waals surface area contributed by atoms with Gasteiger partial charge in [-0.15, -0.1) is 0 Å². The van der Waals surface area contributed by atoms with Crippen molar-refractivity contribution < 1.29 is 33.8 Å². The molecule has 3 N–H and O–H groups in total. The molecule has 0 aliphatic carbocycles. The van der Waals surface area contributed by atoms with E-state index in [0.717, 1.165) is 17.8 Å². The third-order valence-corrected chi connectivity index (χ3v) is 6.01. The second-order valence-electron chi connectivity index (χ2n) is 10.3. The number of piperazine rings is 1. The van der Waals surface area contributed by atoms with Crippen LogP contribution in [-0.2, 0) is 25.5 Å². The standard InChI is InChI=1S/C28H36N4O7/c1-28(2,3)39-27(37)30-23(25(34)29-21-9-7-20(8-10-21)26(35)36)17-19-5-11-22(12-6-19)32-14-13-31(15-16-38-4)18-24(32)33/h5-12,23H,13-18H2,1-4H3,(H,29,34)(H,30,37)(H,35,36). The lowest BCUT2D eigenvalue weighted by atomic mass is 10.0. The summed E-state index contributed by atoms with van der Waals surface area (Å²) in [5.41, 5.74) is 1.25. The zero-order chi connectivity index (χ0) is 28.6. The highest BCUT2D eigenvalue weighted by molar-refractivity contribution is 5.97. The lowest BCUT2D eigenvalue weighted by molar-refractivity contribution is -0.121. The first-order chi connectivity index (χ1) is 18.4. The first-order valence-electron chi connectivity index (χ1n) is 12.7. The molecule has 2 aromatic carbocycles. The van der Waals surface area contributed by atoms with Crippen LogP contribution in [-0.4, -0.2) is 85.4 Å². The number of alkyl carbamates (subject to hydrolysis) is 1. The molecule has 2 aromatic rings. The first kappa shape index (κ1) is 29.6. The Balaban J connectivity index is 1.70. The number of carbonyl (C=O) groups excluding carboxylic acids is 3. The minimum atomic E-state index is -1.07. The number of hydrogen-bond acceptors (Lipinski definition) is 7. The Hall–Kier alpha value is -3.96. The minimum Gasteiger partial charge on any atom is -0.478 e. The van der Waals surface area contributed by atoms with E-state index in [-0.39, 0.29) is 17.9 Å². The van der Waals surface area contributed by atoms with E-state index in [0.29, 0.717) is 31.9 Å². The molecule has 0 aromatic heterocycles. The molecule has 1 saturated heterocycles. The molecule has 0 saturated carbocycles. The Morgan fingerprint density at radius 1 is 1.03 bits per heavy atom. The van der Waals surface area contributed by atoms with Crippen molar-refractivity contribution in [2.45, 2.75) is 38.8 Å². The summed E-state index contributed by atoms with van der Waals surface area (Å²) < 4.78 is 10.4. The largest absolute Gasteiger partial charge is 0.478 e. The van der Waals surface area contributed by atoms with Gasteiger partial charge in [-0.05, 0) is 62.7 Å². The number of carboxylic acids is 1. The molecule has 0 radical (unpaired) electrons. The van der Waals surface area contributed by atoms with Crippen LogP contribution < -0.4 is 15.5 Å². The van der Waals surface area contributed by atoms with Crippen molar-refractivity contribution in [3.8, 4) is 0 Å². The average Bonchev–Trinajstić information content (AvgIpc) is 2.87. The SMILES string of the molecule is COCCN1CCN(c2ccc(CC(NC(=O)OC(C)(C)C)C(=O)Nc3ccc(C(=O)O)cc3)cc2)C(=O)C1. The molecule has 1 fully saturated rings. The lowest BCUT2D eigenvalue weighted by Gasteiger charge is -2.34. The number of rotatable bonds is 10. The number of anilines is 2. The maximum atomic E-state index is 13.1. The van der Waals surface area contributed by atoms with E-state index >= 15 is 0 Å². The number of benzene rings is 2. The monoisotopic (exact) mass is 540 g/mol. The van der Waals surface area contributed by atoms with Crippen LogP contribution in [0.1, 0.15) is 36.7 Å². The fraction of sp³-hybridized carbons (Fsp3) is 0.429. The predicted molar refractivity (Wildman–Crippen MR) is 146 cm³/mol. The maximum Gasteiger partial charge on any atom is 0.408 e. The highest BCUT2D eigenvalue weighted by Crippen LogP contribution is 2.20. The van der Waals surface area contributed by atoms with Crippen LogP contribution in [0.2, 0.25) is 0 Å². The van der Waals surface area contributed by atoms with Gasteiger partial charge in [0.1, 0.15) is 11.6 Å². The smallest absolute Gasteiger partial charge is 0.408 e. The molecule has 39 heavy (non-hydrogen) atoms. The predicted octanol–water partition coefficient (Wildman–Crippen LogP) is 2.75. The molecule has 1 aliphatic heterocycles. The minimum absolute atomic E-state index is 0.00265. The van der Waals surface area contributed by atoms with Crippen LogP contribution in [0.5, 0.6) is 0 Å². The van der Waals surface area contributed by atoms with E-state index in [1.165, 1.54) is 24.3 Å². The van der Waals surface area contributed by atoms with E-state index in [4.69, 9.17) is 14.6 Å². The van der Waals surface area contributed by atoms with Crippen LogP contribution in [0.3, 0.4) is 0 Å². The van der Waals surface area contributed by atoms with Crippen LogP contribution in [0.4, 0.5) is 16.2 Å². The highest BCUT2D eigenvalue weighted by atomic mass is 16.6. The van der Waals surface area contributed by atoms with Crippen LogP contribution in [0.15, 0.2) is 48.5 Å². The van der Waals surface area contributed by atoms with Crippen molar-refractivity contribution in [1.29, 1.82) is 0 Å². The number of nitrogens with zero attached hydrogens (tertiary/aromatic N) is 2. The Kier molecular flexibility index (Phi) is 10.0. The van der Waals surface area contributed by atoms with Crippen molar-refractivity contribution in [1.82, 2.24) is 10.2 Å². The van der Waals surface area contributed by atoms with Gasteiger partial charge in [0.2, 0.25) is 11.8 Å². The molecular weight excluding hydrogens is 504 g/mol. The van der Waals surface area contributed by atoms with Gasteiger partial charge in [0.05, 0.1) is 18.7 Å². The zero-order valence-electron chi connectivity index (χ0n) is 22.7. The van der Waals surface area contributed by atoms with Crippen molar-refractivity contribution in [2.24, 2.45) is 0 Å². The summed E-state index contributed by atoms with van der Waals surface area (Å²) in [4.78, 5) is 53.2. The zero-order valence-corrected chi connectivity index (χ0v) is 22.7. The molecule has 1 aliphatic rings. The number of carboxylic acid groups (broad SMARTS) is 1. The van der Waals surface area contributed by atoms with Gasteiger partial charge < -0.3 is 30.1 Å². The summed E-state index contributed by atoms with van der Waals surface area (Å²) in [6.45, 7) is 8.07. The first-order valence-corrected chi connectivity index (χ1v) is 12.7. The normalized spacial score (nSPS) is 15.0. The van der Waals surface area contributed by atoms with Gasteiger partial charge in [-0.1, -0.05) is 12.1 Å². The Bertz CT molecular complexity index is 1160. The van der Waals surface area contributed by atoms with Gasteiger partial charge in [-0.3, -0.25) is 14.5 Å². The third-order valence-electron chi connectivity index (χ3n) is 6.01. The van der Waals surface area contributed by atoms with Crippen molar-refractivity contribution in [3.63, 3.8) is 0 Å². The Labute approximate surface area is 228 Å². The average molecular weight is 541 g/mol. The Morgan fingerprint density at radius 2 is 1.69 bits per heavy atom. The molecule has 3 rings (SSSR count). The topological polar surface area (TPSA) is 138 Å². The van der Waals surface area contributed by atoms with Crippen molar-refractivity contribution in [3.05, 3.63) is 59.7 Å². The molecule has 1 unspecified atom stereocenters. The summed E-state index contributed by atoms with van der Waals surface area (Å²) in [5, 5.41) is 14.4. The number of methoxy groups -OCH3 is 1. The fourth-order valence-corrected chi connectivity index (χ4v) is 4.04. The molecule has 0 spiro atoms. The summed E-state index contributed by atoms with van der Waals surface area (Å²) in [6, 6.07) is 12.0. The number of ether oxygens (including phenoxy) is 2. The highest BCUT2D eigenvalue weighted by Gasteiger charge is 2.27. The van der Waals surface area contributed by atoms with Gasteiger partial charge >= 0.3 is 12.1 Å². The Morgan fingerprint density at radius 3 is 2.26 bits per heavy atom. The molecule has 11 heteroatoms. The molecule has 1 heterocycles. The van der Waals surface area contributed by atoms with E-state index in [9.17, 15) is 19.2 Å². The van der Waals surface area contributed by atoms with Gasteiger partial charge in [0.15, 0.2) is 0 Å². The summed E-state index contributed by atoms with van der Waals surface area (Å²) in [6.07, 6.45) is -0.574. The summed E-state index contributed by atoms with van der Waals surface area (Å²) >= 11 is 0. The van der Waals surface area contributed by atoms with E-state index in [1.54, 1.807) is 32.8 Å².